The quantitative estimate of drug-likeness (QED) is 0.183. The number of fused-ring (bicyclic) bond motifs is 1. The predicted molar refractivity (Wildman–Crippen MR) is 178 cm³/mol. The molecule has 0 bridgehead atoms. The van der Waals surface area contributed by atoms with Gasteiger partial charge in [-0.25, -0.2) is 18.7 Å². The van der Waals surface area contributed by atoms with Crippen LogP contribution in [0.2, 0.25) is 5.15 Å². The second-order valence-corrected chi connectivity index (χ2v) is 12.1. The standard InChI is InChI=1S/C35H34ClF2N7O2/c1-46-27-10-3-22(4-11-27)18-43-16-14-28-32(33(43)23-5-7-24(37)8-6-23)41-35(42-34(28)44-15-13-25(38)19-44)40-26-9-12-29(30(17-26)47-2)45-20-31(36)39-21-45/h3-12,17,20-21,25,33H,13-16,18-19H2,1-2H3,(H,40,41,42). The number of alkyl halides is 1. The van der Waals surface area contributed by atoms with Crippen LogP contribution in [0, 0.1) is 5.82 Å². The van der Waals surface area contributed by atoms with Gasteiger partial charge in [-0.1, -0.05) is 35.9 Å². The lowest BCUT2D eigenvalue weighted by Gasteiger charge is -2.38. The molecule has 7 rings (SSSR count). The fourth-order valence-corrected chi connectivity index (χ4v) is 6.57. The van der Waals surface area contributed by atoms with Crippen molar-refractivity contribution in [3.63, 3.8) is 0 Å². The van der Waals surface area contributed by atoms with Crippen molar-refractivity contribution < 1.29 is 18.3 Å². The van der Waals surface area contributed by atoms with Crippen LogP contribution in [0.5, 0.6) is 11.5 Å². The summed E-state index contributed by atoms with van der Waals surface area (Å²) < 4.78 is 41.5. The van der Waals surface area contributed by atoms with Gasteiger partial charge >= 0.3 is 0 Å². The molecular weight excluding hydrogens is 624 g/mol. The highest BCUT2D eigenvalue weighted by Crippen LogP contribution is 2.40. The Labute approximate surface area is 276 Å². The highest BCUT2D eigenvalue weighted by atomic mass is 35.5. The van der Waals surface area contributed by atoms with E-state index in [1.165, 1.54) is 12.1 Å². The molecule has 2 aliphatic heterocycles. The molecule has 242 valence electrons. The zero-order chi connectivity index (χ0) is 32.5. The molecule has 2 aromatic heterocycles. The van der Waals surface area contributed by atoms with Gasteiger partial charge in [0.05, 0.1) is 38.2 Å². The minimum absolute atomic E-state index is 0.273. The Hall–Kier alpha value is -4.74. The molecule has 0 saturated carbocycles. The van der Waals surface area contributed by atoms with Gasteiger partial charge in [-0.15, -0.1) is 0 Å². The third-order valence-electron chi connectivity index (χ3n) is 8.72. The first kappa shape index (κ1) is 30.9. The van der Waals surface area contributed by atoms with E-state index in [4.69, 9.17) is 31.0 Å². The average Bonchev–Trinajstić information content (AvgIpc) is 3.73. The van der Waals surface area contributed by atoms with E-state index in [0.29, 0.717) is 55.0 Å². The Morgan fingerprint density at radius 2 is 1.79 bits per heavy atom. The Bertz CT molecular complexity index is 1870. The summed E-state index contributed by atoms with van der Waals surface area (Å²) in [7, 11) is 3.25. The first-order valence-electron chi connectivity index (χ1n) is 15.5. The fourth-order valence-electron chi connectivity index (χ4n) is 6.42. The maximum Gasteiger partial charge on any atom is 0.229 e. The van der Waals surface area contributed by atoms with E-state index in [9.17, 15) is 8.78 Å². The molecule has 5 aromatic rings. The SMILES string of the molecule is COc1ccc(CN2CCc3c(nc(Nc4ccc(-n5cnc(Cl)c5)c(OC)c4)nc3N3CCC(F)C3)C2c2ccc(F)cc2)cc1. The largest absolute Gasteiger partial charge is 0.497 e. The zero-order valence-corrected chi connectivity index (χ0v) is 26.8. The van der Waals surface area contributed by atoms with Gasteiger partial charge in [0.1, 0.15) is 40.8 Å². The Morgan fingerprint density at radius 3 is 2.47 bits per heavy atom. The minimum atomic E-state index is -0.923. The summed E-state index contributed by atoms with van der Waals surface area (Å²) in [6, 6.07) is 19.9. The summed E-state index contributed by atoms with van der Waals surface area (Å²) in [6.07, 6.45) is 3.53. The molecule has 1 N–H and O–H groups in total. The molecule has 0 aliphatic carbocycles. The summed E-state index contributed by atoms with van der Waals surface area (Å²) in [5, 5.41) is 3.75. The third-order valence-corrected chi connectivity index (χ3v) is 8.91. The molecule has 1 saturated heterocycles. The second-order valence-electron chi connectivity index (χ2n) is 11.7. The highest BCUT2D eigenvalue weighted by Gasteiger charge is 2.35. The van der Waals surface area contributed by atoms with Crippen LogP contribution >= 0.6 is 11.6 Å². The van der Waals surface area contributed by atoms with Crippen LogP contribution in [-0.4, -0.2) is 64.4 Å². The lowest BCUT2D eigenvalue weighted by Crippen LogP contribution is -2.38. The van der Waals surface area contributed by atoms with Crippen LogP contribution < -0.4 is 19.7 Å². The maximum absolute atomic E-state index is 14.6. The van der Waals surface area contributed by atoms with E-state index < -0.39 is 6.17 Å². The molecule has 4 heterocycles. The Morgan fingerprint density at radius 1 is 0.979 bits per heavy atom. The molecule has 0 amide bonds. The van der Waals surface area contributed by atoms with Gasteiger partial charge in [0, 0.05) is 43.1 Å². The number of aromatic nitrogens is 4. The number of methoxy groups -OCH3 is 2. The van der Waals surface area contributed by atoms with E-state index in [1.54, 1.807) is 31.3 Å². The number of nitrogens with zero attached hydrogens (tertiary/aromatic N) is 6. The number of imidazole rings is 1. The number of ether oxygens (including phenoxy) is 2. The van der Waals surface area contributed by atoms with Crippen molar-refractivity contribution in [2.24, 2.45) is 0 Å². The number of rotatable bonds is 9. The van der Waals surface area contributed by atoms with E-state index in [2.05, 4.69) is 27.3 Å². The third kappa shape index (κ3) is 6.45. The van der Waals surface area contributed by atoms with E-state index in [0.717, 1.165) is 39.6 Å². The van der Waals surface area contributed by atoms with Crippen molar-refractivity contribution in [1.82, 2.24) is 24.4 Å². The predicted octanol–water partition coefficient (Wildman–Crippen LogP) is 6.91. The molecule has 9 nitrogen and oxygen atoms in total. The van der Waals surface area contributed by atoms with Crippen molar-refractivity contribution in [1.29, 1.82) is 0 Å². The van der Waals surface area contributed by atoms with Crippen LogP contribution in [0.4, 0.5) is 26.2 Å². The van der Waals surface area contributed by atoms with E-state index >= 15 is 0 Å². The summed E-state index contributed by atoms with van der Waals surface area (Å²) in [6.45, 7) is 2.20. The summed E-state index contributed by atoms with van der Waals surface area (Å²) in [5.74, 6) is 2.18. The second kappa shape index (κ2) is 13.2. The van der Waals surface area contributed by atoms with Gasteiger partial charge in [-0.3, -0.25) is 4.90 Å². The van der Waals surface area contributed by atoms with Crippen molar-refractivity contribution in [3.8, 4) is 17.2 Å². The molecule has 47 heavy (non-hydrogen) atoms. The number of benzene rings is 3. The smallest absolute Gasteiger partial charge is 0.229 e. The number of anilines is 3. The number of hydrogen-bond acceptors (Lipinski definition) is 8. The molecule has 2 aliphatic rings. The van der Waals surface area contributed by atoms with Gasteiger partial charge in [0.25, 0.3) is 0 Å². The van der Waals surface area contributed by atoms with Gasteiger partial charge in [-0.05, 0) is 60.4 Å². The number of hydrogen-bond donors (Lipinski definition) is 1. The molecule has 12 heteroatoms. The number of halogens is 3. The van der Waals surface area contributed by atoms with Crippen LogP contribution in [0.1, 0.15) is 34.8 Å². The van der Waals surface area contributed by atoms with Crippen LogP contribution in [0.15, 0.2) is 79.3 Å². The van der Waals surface area contributed by atoms with Crippen molar-refractivity contribution >= 4 is 29.1 Å². The molecule has 0 spiro atoms. The maximum atomic E-state index is 14.6. The van der Waals surface area contributed by atoms with Gasteiger partial charge in [-0.2, -0.15) is 4.98 Å². The van der Waals surface area contributed by atoms with Crippen LogP contribution in [-0.2, 0) is 13.0 Å². The van der Waals surface area contributed by atoms with Crippen LogP contribution in [0.3, 0.4) is 0 Å². The van der Waals surface area contributed by atoms with Crippen molar-refractivity contribution in [2.45, 2.75) is 31.6 Å². The van der Waals surface area contributed by atoms with Crippen LogP contribution in [0.25, 0.3) is 5.69 Å². The highest BCUT2D eigenvalue weighted by molar-refractivity contribution is 6.29. The molecular formula is C35H34ClF2N7O2. The summed E-state index contributed by atoms with van der Waals surface area (Å²) >= 11 is 6.06. The van der Waals surface area contributed by atoms with Crippen molar-refractivity contribution in [3.05, 3.63) is 113 Å². The number of nitrogens with one attached hydrogen (secondary N) is 1. The fraction of sp³-hybridized carbons (Fsp3) is 0.286. The Kier molecular flexibility index (Phi) is 8.66. The van der Waals surface area contributed by atoms with Gasteiger partial charge < -0.3 is 24.3 Å². The average molecular weight is 658 g/mol. The molecule has 2 unspecified atom stereocenters. The lowest BCUT2D eigenvalue weighted by molar-refractivity contribution is 0.200. The van der Waals surface area contributed by atoms with E-state index in [-0.39, 0.29) is 18.4 Å². The van der Waals surface area contributed by atoms with Gasteiger partial charge in [0.2, 0.25) is 5.95 Å². The molecule has 3 aromatic carbocycles. The minimum Gasteiger partial charge on any atom is -0.497 e. The Balaban J connectivity index is 1.30. The zero-order valence-electron chi connectivity index (χ0n) is 26.0. The molecule has 1 fully saturated rings. The molecule has 2 atom stereocenters. The van der Waals surface area contributed by atoms with E-state index in [1.807, 2.05) is 47.4 Å². The monoisotopic (exact) mass is 657 g/mol. The first-order valence-corrected chi connectivity index (χ1v) is 15.8. The lowest BCUT2D eigenvalue weighted by atomic mass is 9.91. The molecule has 0 radical (unpaired) electrons. The summed E-state index contributed by atoms with van der Waals surface area (Å²) in [4.78, 5) is 18.6. The summed E-state index contributed by atoms with van der Waals surface area (Å²) in [5.41, 5.74) is 5.28. The van der Waals surface area contributed by atoms with Crippen molar-refractivity contribution in [2.75, 3.05) is 44.1 Å². The topological polar surface area (TPSA) is 80.6 Å². The first-order chi connectivity index (χ1) is 22.9. The normalized spacial score (nSPS) is 17.9. The van der Waals surface area contributed by atoms with Gasteiger partial charge in [0.15, 0.2) is 0 Å².